The van der Waals surface area contributed by atoms with E-state index in [1.165, 1.54) is 7.11 Å². The third-order valence-corrected chi connectivity index (χ3v) is 2.90. The molecule has 0 amide bonds. The smallest absolute Gasteiger partial charge is 0.233 e. The van der Waals surface area contributed by atoms with Gasteiger partial charge in [-0.15, -0.1) is 10.2 Å². The Labute approximate surface area is 103 Å². The number of hydrogen-bond donors (Lipinski definition) is 0. The largest absolute Gasteiger partial charge is 0.480 e. The molecule has 0 aliphatic carbocycles. The lowest BCUT2D eigenvalue weighted by Crippen LogP contribution is -1.92. The highest BCUT2D eigenvalue weighted by molar-refractivity contribution is 6.43. The molecule has 3 nitrogen and oxygen atoms in total. The molecule has 0 fully saturated rings. The Morgan fingerprint density at radius 2 is 1.88 bits per heavy atom. The summed E-state index contributed by atoms with van der Waals surface area (Å²) in [6, 6.07) is 8.88. The molecular weight excluding hydrogens is 247 g/mol. The van der Waals surface area contributed by atoms with Gasteiger partial charge in [-0.25, -0.2) is 0 Å². The van der Waals surface area contributed by atoms with Gasteiger partial charge in [0, 0.05) is 11.6 Å². The highest BCUT2D eigenvalue weighted by Gasteiger charge is 2.08. The number of hydrogen-bond acceptors (Lipinski definition) is 3. The van der Waals surface area contributed by atoms with E-state index >= 15 is 0 Å². The summed E-state index contributed by atoms with van der Waals surface area (Å²) in [5, 5.41) is 8.85. The van der Waals surface area contributed by atoms with Crippen LogP contribution in [0.15, 0.2) is 30.3 Å². The maximum atomic E-state index is 6.07. The Bertz CT molecular complexity index is 500. The summed E-state index contributed by atoms with van der Waals surface area (Å²) >= 11 is 12.0. The molecule has 0 unspecified atom stereocenters. The van der Waals surface area contributed by atoms with Crippen molar-refractivity contribution in [3.05, 3.63) is 40.4 Å². The van der Waals surface area contributed by atoms with Crippen LogP contribution < -0.4 is 4.74 Å². The first-order valence-corrected chi connectivity index (χ1v) is 5.30. The fourth-order valence-electron chi connectivity index (χ4n) is 1.27. The molecule has 0 bridgehead atoms. The van der Waals surface area contributed by atoms with E-state index < -0.39 is 0 Å². The normalized spacial score (nSPS) is 10.2. The molecule has 1 aromatic heterocycles. The molecule has 0 aliphatic rings. The lowest BCUT2D eigenvalue weighted by Gasteiger charge is -2.04. The van der Waals surface area contributed by atoms with Gasteiger partial charge in [0.25, 0.3) is 0 Å². The van der Waals surface area contributed by atoms with E-state index in [1.807, 2.05) is 12.1 Å². The molecule has 0 atom stereocenters. The van der Waals surface area contributed by atoms with Crippen LogP contribution in [0, 0.1) is 0 Å². The summed E-state index contributed by atoms with van der Waals surface area (Å²) in [5.74, 6) is 0.460. The third-order valence-electron chi connectivity index (χ3n) is 2.08. The van der Waals surface area contributed by atoms with Crippen molar-refractivity contribution in [3.8, 4) is 17.1 Å². The van der Waals surface area contributed by atoms with Crippen molar-refractivity contribution in [1.82, 2.24) is 10.2 Å². The van der Waals surface area contributed by atoms with E-state index in [1.54, 1.807) is 18.2 Å². The molecule has 1 heterocycles. The zero-order valence-electron chi connectivity index (χ0n) is 8.45. The highest BCUT2D eigenvalue weighted by atomic mass is 35.5. The Morgan fingerprint density at radius 3 is 2.50 bits per heavy atom. The van der Waals surface area contributed by atoms with Crippen LogP contribution in [0.4, 0.5) is 0 Å². The monoisotopic (exact) mass is 254 g/mol. The summed E-state index contributed by atoms with van der Waals surface area (Å²) in [4.78, 5) is 0. The molecule has 0 aliphatic heterocycles. The quantitative estimate of drug-likeness (QED) is 0.824. The summed E-state index contributed by atoms with van der Waals surface area (Å²) in [5.41, 5.74) is 1.41. The molecule has 5 heteroatoms. The van der Waals surface area contributed by atoms with E-state index in [0.29, 0.717) is 21.6 Å². The number of rotatable bonds is 2. The first-order valence-electron chi connectivity index (χ1n) is 4.54. The average molecular weight is 255 g/mol. The second-order valence-electron chi connectivity index (χ2n) is 3.06. The van der Waals surface area contributed by atoms with E-state index in [4.69, 9.17) is 27.9 Å². The SMILES string of the molecule is COc1ccc(-c2cccc(Cl)c2Cl)nn1. The van der Waals surface area contributed by atoms with Gasteiger partial charge in [0.05, 0.1) is 22.8 Å². The molecule has 2 rings (SSSR count). The van der Waals surface area contributed by atoms with Crippen LogP contribution in [-0.4, -0.2) is 17.3 Å². The minimum absolute atomic E-state index is 0.460. The molecule has 2 aromatic rings. The number of benzene rings is 1. The van der Waals surface area contributed by atoms with Crippen molar-refractivity contribution < 1.29 is 4.74 Å². The van der Waals surface area contributed by atoms with Gasteiger partial charge in [-0.1, -0.05) is 35.3 Å². The fourth-order valence-corrected chi connectivity index (χ4v) is 1.67. The summed E-state index contributed by atoms with van der Waals surface area (Å²) in [7, 11) is 1.54. The van der Waals surface area contributed by atoms with Crippen LogP contribution in [0.25, 0.3) is 11.3 Å². The number of nitrogens with zero attached hydrogens (tertiary/aromatic N) is 2. The molecule has 82 valence electrons. The van der Waals surface area contributed by atoms with Gasteiger partial charge in [0.15, 0.2) is 0 Å². The first kappa shape index (κ1) is 11.2. The molecule has 1 aromatic carbocycles. The van der Waals surface area contributed by atoms with Crippen LogP contribution in [-0.2, 0) is 0 Å². The van der Waals surface area contributed by atoms with Crippen LogP contribution in [0.1, 0.15) is 0 Å². The van der Waals surface area contributed by atoms with Gasteiger partial charge >= 0.3 is 0 Å². The van der Waals surface area contributed by atoms with Crippen molar-refractivity contribution >= 4 is 23.2 Å². The first-order chi connectivity index (χ1) is 7.72. The van der Waals surface area contributed by atoms with Crippen molar-refractivity contribution in [2.24, 2.45) is 0 Å². The van der Waals surface area contributed by atoms with Gasteiger partial charge < -0.3 is 4.74 Å². The second kappa shape index (κ2) is 4.68. The number of ether oxygens (including phenoxy) is 1. The minimum Gasteiger partial charge on any atom is -0.480 e. The van der Waals surface area contributed by atoms with Crippen LogP contribution >= 0.6 is 23.2 Å². The molecule has 0 saturated heterocycles. The van der Waals surface area contributed by atoms with Gasteiger partial charge in [0.2, 0.25) is 5.88 Å². The van der Waals surface area contributed by atoms with E-state index in [0.717, 1.165) is 5.56 Å². The second-order valence-corrected chi connectivity index (χ2v) is 3.85. The molecule has 0 saturated carbocycles. The zero-order valence-corrected chi connectivity index (χ0v) is 9.96. The van der Waals surface area contributed by atoms with Crippen LogP contribution in [0.5, 0.6) is 5.88 Å². The predicted molar refractivity (Wildman–Crippen MR) is 64.0 cm³/mol. The number of methoxy groups -OCH3 is 1. The molecule has 16 heavy (non-hydrogen) atoms. The fraction of sp³-hybridized carbons (Fsp3) is 0.0909. The third kappa shape index (κ3) is 2.10. The Kier molecular flexibility index (Phi) is 3.27. The Morgan fingerprint density at radius 1 is 1.06 bits per heavy atom. The molecular formula is C11H8Cl2N2O. The lowest BCUT2D eigenvalue weighted by molar-refractivity contribution is 0.392. The summed E-state index contributed by atoms with van der Waals surface area (Å²) < 4.78 is 4.93. The zero-order chi connectivity index (χ0) is 11.5. The highest BCUT2D eigenvalue weighted by Crippen LogP contribution is 2.32. The van der Waals surface area contributed by atoms with Crippen LogP contribution in [0.2, 0.25) is 10.0 Å². The molecule has 0 radical (unpaired) electrons. The number of halogens is 2. The maximum absolute atomic E-state index is 6.07. The number of aromatic nitrogens is 2. The van der Waals surface area contributed by atoms with Gasteiger partial charge in [-0.05, 0) is 12.1 Å². The molecule has 0 N–H and O–H groups in total. The van der Waals surface area contributed by atoms with Crippen LogP contribution in [0.3, 0.4) is 0 Å². The summed E-state index contributed by atoms with van der Waals surface area (Å²) in [6.07, 6.45) is 0. The van der Waals surface area contributed by atoms with E-state index in [2.05, 4.69) is 10.2 Å². The Hall–Kier alpha value is -1.32. The standard InChI is InChI=1S/C11H8Cl2N2O/c1-16-10-6-5-9(14-15-10)7-3-2-4-8(12)11(7)13/h2-6H,1H3. The maximum Gasteiger partial charge on any atom is 0.233 e. The van der Waals surface area contributed by atoms with Crippen molar-refractivity contribution in [1.29, 1.82) is 0 Å². The van der Waals surface area contributed by atoms with E-state index in [9.17, 15) is 0 Å². The lowest BCUT2D eigenvalue weighted by atomic mass is 10.1. The van der Waals surface area contributed by atoms with Crippen molar-refractivity contribution in [2.45, 2.75) is 0 Å². The average Bonchev–Trinajstić information content (AvgIpc) is 2.33. The van der Waals surface area contributed by atoms with Crippen molar-refractivity contribution in [2.75, 3.05) is 7.11 Å². The predicted octanol–water partition coefficient (Wildman–Crippen LogP) is 3.46. The van der Waals surface area contributed by atoms with Gasteiger partial charge in [-0.2, -0.15) is 0 Å². The summed E-state index contributed by atoms with van der Waals surface area (Å²) in [6.45, 7) is 0. The Balaban J connectivity index is 2.46. The van der Waals surface area contributed by atoms with Crippen molar-refractivity contribution in [3.63, 3.8) is 0 Å². The van der Waals surface area contributed by atoms with E-state index in [-0.39, 0.29) is 0 Å². The molecule has 0 spiro atoms. The minimum atomic E-state index is 0.460. The topological polar surface area (TPSA) is 35.0 Å². The van der Waals surface area contributed by atoms with Gasteiger partial charge in [0.1, 0.15) is 0 Å². The van der Waals surface area contributed by atoms with Gasteiger partial charge in [-0.3, -0.25) is 0 Å².